The summed E-state index contributed by atoms with van der Waals surface area (Å²) in [5.74, 6) is 0.496. The first-order valence-corrected chi connectivity index (χ1v) is 10.1. The second kappa shape index (κ2) is 7.80. The minimum atomic E-state index is 0.421. The van der Waals surface area contributed by atoms with E-state index in [0.29, 0.717) is 11.9 Å². The molecule has 0 aliphatic heterocycles. The van der Waals surface area contributed by atoms with Gasteiger partial charge in [0.25, 0.3) is 0 Å². The Balaban J connectivity index is 1.59. The summed E-state index contributed by atoms with van der Waals surface area (Å²) in [4.78, 5) is 11.4. The first-order valence-electron chi connectivity index (χ1n) is 10.1. The van der Waals surface area contributed by atoms with Crippen LogP contribution in [0.5, 0.6) is 0 Å². The van der Waals surface area contributed by atoms with Crippen LogP contribution in [0.4, 0.5) is 5.82 Å². The number of aryl methyl sites for hydroxylation is 3. The zero-order chi connectivity index (χ0) is 20.5. The number of nitrogens with two attached hydrogens (primary N) is 1. The minimum Gasteiger partial charge on any atom is -0.382 e. The van der Waals surface area contributed by atoms with Gasteiger partial charge in [-0.2, -0.15) is 0 Å². The van der Waals surface area contributed by atoms with Crippen molar-refractivity contribution in [2.24, 2.45) is 0 Å². The van der Waals surface area contributed by atoms with Gasteiger partial charge in [0.15, 0.2) is 5.82 Å². The fourth-order valence-corrected chi connectivity index (χ4v) is 3.75. The molecule has 0 fully saturated rings. The van der Waals surface area contributed by atoms with Crippen molar-refractivity contribution >= 4 is 27.6 Å². The van der Waals surface area contributed by atoms with Gasteiger partial charge < -0.3 is 10.6 Å². The van der Waals surface area contributed by atoms with Crippen molar-refractivity contribution < 1.29 is 0 Å². The van der Waals surface area contributed by atoms with Crippen molar-refractivity contribution in [3.05, 3.63) is 77.0 Å². The number of fused-ring (bicyclic) bond motifs is 3. The van der Waals surface area contributed by atoms with Gasteiger partial charge >= 0.3 is 0 Å². The molecule has 1 atom stereocenters. The standard InChI is InChI=1S/C25H28N4/c1-16-5-12-21-22-14-19(15-27-24(22)25(26)28-23(21)13-16)7-6-18-8-10-20(11-9-18)17(2)29(3)4/h5,8-15,17H,6-7H2,1-4H3,(H2,26,28). The molecule has 0 aliphatic rings. The van der Waals surface area contributed by atoms with Gasteiger partial charge in [0.1, 0.15) is 5.52 Å². The van der Waals surface area contributed by atoms with Gasteiger partial charge in [-0.25, -0.2) is 4.98 Å². The average Bonchev–Trinajstić information content (AvgIpc) is 2.71. The summed E-state index contributed by atoms with van der Waals surface area (Å²) < 4.78 is 0. The molecule has 2 aromatic carbocycles. The Morgan fingerprint density at radius 1 is 0.931 bits per heavy atom. The predicted octanol–water partition coefficient (Wildman–Crippen LogP) is 5.08. The molecule has 0 saturated carbocycles. The number of pyridine rings is 2. The van der Waals surface area contributed by atoms with Crippen LogP contribution in [0.1, 0.15) is 35.2 Å². The van der Waals surface area contributed by atoms with Gasteiger partial charge in [-0.15, -0.1) is 0 Å². The van der Waals surface area contributed by atoms with Crippen LogP contribution in [0.25, 0.3) is 21.8 Å². The van der Waals surface area contributed by atoms with Crippen LogP contribution in [-0.2, 0) is 12.8 Å². The van der Waals surface area contributed by atoms with Gasteiger partial charge in [-0.1, -0.05) is 36.4 Å². The molecule has 2 N–H and O–H groups in total. The molecule has 2 aromatic heterocycles. The number of hydrogen-bond donors (Lipinski definition) is 1. The van der Waals surface area contributed by atoms with Crippen LogP contribution in [-0.4, -0.2) is 29.0 Å². The highest BCUT2D eigenvalue weighted by Gasteiger charge is 2.10. The summed E-state index contributed by atoms with van der Waals surface area (Å²) >= 11 is 0. The topological polar surface area (TPSA) is 55.0 Å². The molecule has 148 valence electrons. The van der Waals surface area contributed by atoms with Gasteiger partial charge in [0.05, 0.1) is 5.52 Å². The van der Waals surface area contributed by atoms with E-state index in [1.54, 1.807) is 0 Å². The summed E-state index contributed by atoms with van der Waals surface area (Å²) in [5, 5.41) is 2.19. The highest BCUT2D eigenvalue weighted by atomic mass is 15.1. The molecular formula is C25H28N4. The van der Waals surface area contributed by atoms with E-state index in [9.17, 15) is 0 Å². The smallest absolute Gasteiger partial charge is 0.150 e. The Morgan fingerprint density at radius 2 is 1.66 bits per heavy atom. The molecule has 2 heterocycles. The molecule has 0 amide bonds. The van der Waals surface area contributed by atoms with Crippen molar-refractivity contribution in [3.63, 3.8) is 0 Å². The SMILES string of the molecule is Cc1ccc2c(c1)nc(N)c1ncc(CCc3ccc(C(C)N(C)C)cc3)cc12. The third-order valence-corrected chi connectivity index (χ3v) is 5.81. The summed E-state index contributed by atoms with van der Waals surface area (Å²) in [5.41, 5.74) is 13.0. The van der Waals surface area contributed by atoms with E-state index in [4.69, 9.17) is 5.73 Å². The van der Waals surface area contributed by atoms with Crippen LogP contribution in [0, 0.1) is 6.92 Å². The zero-order valence-corrected chi connectivity index (χ0v) is 17.6. The molecule has 0 saturated heterocycles. The minimum absolute atomic E-state index is 0.421. The molecule has 4 rings (SSSR count). The lowest BCUT2D eigenvalue weighted by molar-refractivity contribution is 0.321. The van der Waals surface area contributed by atoms with Crippen LogP contribution in [0.15, 0.2) is 54.7 Å². The highest BCUT2D eigenvalue weighted by Crippen LogP contribution is 2.28. The lowest BCUT2D eigenvalue weighted by Crippen LogP contribution is -2.16. The van der Waals surface area contributed by atoms with Gasteiger partial charge in [0.2, 0.25) is 0 Å². The number of aromatic nitrogens is 2. The maximum Gasteiger partial charge on any atom is 0.150 e. The van der Waals surface area contributed by atoms with E-state index in [-0.39, 0.29) is 0 Å². The van der Waals surface area contributed by atoms with E-state index in [2.05, 4.69) is 91.3 Å². The third-order valence-electron chi connectivity index (χ3n) is 5.81. The van der Waals surface area contributed by atoms with Crippen LogP contribution < -0.4 is 5.73 Å². The van der Waals surface area contributed by atoms with Gasteiger partial charge in [0, 0.05) is 23.0 Å². The number of nitrogens with zero attached hydrogens (tertiary/aromatic N) is 3. The molecule has 1 unspecified atom stereocenters. The van der Waals surface area contributed by atoms with Crippen LogP contribution in [0.3, 0.4) is 0 Å². The summed E-state index contributed by atoms with van der Waals surface area (Å²) in [6.07, 6.45) is 3.87. The Kier molecular flexibility index (Phi) is 5.20. The fourth-order valence-electron chi connectivity index (χ4n) is 3.75. The molecule has 4 heteroatoms. The first-order chi connectivity index (χ1) is 13.9. The molecule has 29 heavy (non-hydrogen) atoms. The molecule has 0 aliphatic carbocycles. The number of benzene rings is 2. The van der Waals surface area contributed by atoms with Gasteiger partial charge in [-0.3, -0.25) is 4.98 Å². The largest absolute Gasteiger partial charge is 0.382 e. The van der Waals surface area contributed by atoms with Crippen molar-refractivity contribution in [2.75, 3.05) is 19.8 Å². The van der Waals surface area contributed by atoms with Crippen LogP contribution in [0.2, 0.25) is 0 Å². The number of nitrogen functional groups attached to an aromatic ring is 1. The molecule has 0 bridgehead atoms. The monoisotopic (exact) mass is 384 g/mol. The zero-order valence-electron chi connectivity index (χ0n) is 17.6. The second-order valence-corrected chi connectivity index (χ2v) is 8.14. The van der Waals surface area contributed by atoms with Crippen molar-refractivity contribution in [3.8, 4) is 0 Å². The average molecular weight is 385 g/mol. The molecule has 0 spiro atoms. The van der Waals surface area contributed by atoms with Crippen LogP contribution >= 0.6 is 0 Å². The predicted molar refractivity (Wildman–Crippen MR) is 122 cm³/mol. The summed E-state index contributed by atoms with van der Waals surface area (Å²) in [7, 11) is 4.22. The maximum atomic E-state index is 6.17. The Morgan fingerprint density at radius 3 is 2.38 bits per heavy atom. The Labute approximate surface area is 172 Å². The number of rotatable bonds is 5. The van der Waals surface area contributed by atoms with Gasteiger partial charge in [-0.05, 0) is 75.2 Å². The lowest BCUT2D eigenvalue weighted by atomic mass is 10.00. The summed E-state index contributed by atoms with van der Waals surface area (Å²) in [6, 6.07) is 17.9. The third kappa shape index (κ3) is 3.94. The van der Waals surface area contributed by atoms with Crippen molar-refractivity contribution in [1.82, 2.24) is 14.9 Å². The summed E-state index contributed by atoms with van der Waals surface area (Å²) in [6.45, 7) is 4.29. The van der Waals surface area contributed by atoms with E-state index < -0.39 is 0 Å². The lowest BCUT2D eigenvalue weighted by Gasteiger charge is -2.20. The Bertz CT molecular complexity index is 1160. The molecular weight excluding hydrogens is 356 g/mol. The maximum absolute atomic E-state index is 6.17. The second-order valence-electron chi connectivity index (χ2n) is 8.14. The Hall–Kier alpha value is -2.98. The van der Waals surface area contributed by atoms with E-state index >= 15 is 0 Å². The van der Waals surface area contributed by atoms with E-state index in [0.717, 1.165) is 34.6 Å². The van der Waals surface area contributed by atoms with Crippen molar-refractivity contribution in [1.29, 1.82) is 0 Å². The quantitative estimate of drug-likeness (QED) is 0.488. The highest BCUT2D eigenvalue weighted by molar-refractivity contribution is 6.08. The number of anilines is 1. The number of hydrogen-bond acceptors (Lipinski definition) is 4. The van der Waals surface area contributed by atoms with E-state index in [1.807, 2.05) is 6.20 Å². The molecule has 0 radical (unpaired) electrons. The fraction of sp³-hybridized carbons (Fsp3) is 0.280. The molecule has 4 aromatic rings. The first kappa shape index (κ1) is 19.3. The normalized spacial score (nSPS) is 12.7. The molecule has 4 nitrogen and oxygen atoms in total. The van der Waals surface area contributed by atoms with Crippen molar-refractivity contribution in [2.45, 2.75) is 32.7 Å². The van der Waals surface area contributed by atoms with E-state index in [1.165, 1.54) is 22.3 Å².